The van der Waals surface area contributed by atoms with Gasteiger partial charge < -0.3 is 34.2 Å². The van der Waals surface area contributed by atoms with Gasteiger partial charge >= 0.3 is 33.6 Å². The van der Waals surface area contributed by atoms with E-state index >= 15 is 0 Å². The summed E-state index contributed by atoms with van der Waals surface area (Å²) in [6.07, 6.45) is 110. The van der Waals surface area contributed by atoms with E-state index in [0.29, 0.717) is 25.7 Å². The lowest BCUT2D eigenvalue weighted by molar-refractivity contribution is -0.161. The van der Waals surface area contributed by atoms with E-state index in [1.807, 2.05) is 12.2 Å². The average molecular weight is 1590 g/mol. The fraction of sp³-hybridized carbons (Fsp3) is 0.645. The number of phosphoric ester groups is 2. The fourth-order valence-electron chi connectivity index (χ4n) is 11.2. The molecule has 0 saturated carbocycles. The zero-order valence-corrected chi connectivity index (χ0v) is 71.1. The summed E-state index contributed by atoms with van der Waals surface area (Å²) in [4.78, 5) is 58.8. The standard InChI is InChI=1S/C93H154O16P2/c1-4-7-10-13-16-19-22-25-28-31-33-35-37-39-41-42-43-44-46-48-49-51-53-56-58-61-64-67-70-73-76-79-91(96)103-82-88(94)83-105-110(99,100)106-84-89(95)85-107-111(101,102)108-87-90(109-93(98)81-78-75-72-69-66-63-60-55-30-27-24-21-18-15-12-9-6-3)86-104-92(97)80-77-74-71-68-65-62-59-57-54-52-50-47-45-40-38-36-34-32-29-26-23-20-17-14-11-8-5-2/h7-12,16-21,25-30,33-36,39-41,45,60,63,69,72,88-90,94-95H,4-6,13-15,22-24,31-32,37-38,42-44,46-59,61-62,64-68,70-71,73-87H2,1-3H3,(H,99,100)(H,101,102)/b10-7-,11-8-,12-9-,19-16-,20-17-,21-18-,28-25-,29-26-,30-27-,35-33-,36-34-,41-39-,45-40-,63-60-,72-69-. The summed E-state index contributed by atoms with van der Waals surface area (Å²) in [5.74, 6) is -1.65. The van der Waals surface area contributed by atoms with Gasteiger partial charge in [-0.3, -0.25) is 32.5 Å². The largest absolute Gasteiger partial charge is 0.472 e. The molecule has 0 rings (SSSR count). The molecule has 0 bridgehead atoms. The molecule has 18 heteroatoms. The second kappa shape index (κ2) is 84.1. The number of carbonyl (C=O) groups is 3. The Labute approximate surface area is 675 Å². The van der Waals surface area contributed by atoms with Crippen molar-refractivity contribution in [2.24, 2.45) is 0 Å². The summed E-state index contributed by atoms with van der Waals surface area (Å²) in [5, 5.41) is 20.7. The third kappa shape index (κ3) is 85.4. The molecule has 0 heterocycles. The third-order valence-electron chi connectivity index (χ3n) is 17.6. The van der Waals surface area contributed by atoms with Gasteiger partial charge in [-0.1, -0.05) is 344 Å². The van der Waals surface area contributed by atoms with Gasteiger partial charge in [0.1, 0.15) is 25.4 Å². The van der Waals surface area contributed by atoms with Crippen molar-refractivity contribution in [3.63, 3.8) is 0 Å². The van der Waals surface area contributed by atoms with Crippen LogP contribution >= 0.6 is 15.6 Å². The summed E-state index contributed by atoms with van der Waals surface area (Å²) in [7, 11) is -9.83. The Hall–Kier alpha value is -5.35. The van der Waals surface area contributed by atoms with Crippen molar-refractivity contribution >= 4 is 33.6 Å². The van der Waals surface area contributed by atoms with E-state index in [2.05, 4.69) is 191 Å². The van der Waals surface area contributed by atoms with E-state index in [1.54, 1.807) is 0 Å². The van der Waals surface area contributed by atoms with E-state index in [0.717, 1.165) is 148 Å². The molecule has 0 fully saturated rings. The zero-order valence-electron chi connectivity index (χ0n) is 69.3. The normalized spacial score (nSPS) is 14.8. The summed E-state index contributed by atoms with van der Waals surface area (Å²) in [6, 6.07) is 0. The summed E-state index contributed by atoms with van der Waals surface area (Å²) in [5.41, 5.74) is 0. The number of allylic oxidation sites excluding steroid dienone is 30. The van der Waals surface area contributed by atoms with Crippen LogP contribution in [-0.4, -0.2) is 95.9 Å². The Bertz CT molecular complexity index is 2750. The van der Waals surface area contributed by atoms with E-state index in [-0.39, 0.29) is 19.3 Å². The van der Waals surface area contributed by atoms with E-state index in [1.165, 1.54) is 116 Å². The van der Waals surface area contributed by atoms with Crippen LogP contribution in [0.15, 0.2) is 182 Å². The van der Waals surface area contributed by atoms with Crippen LogP contribution in [0, 0.1) is 0 Å². The maximum atomic E-state index is 13.0. The number of hydrogen-bond acceptors (Lipinski definition) is 14. The summed E-state index contributed by atoms with van der Waals surface area (Å²) < 4.78 is 61.2. The van der Waals surface area contributed by atoms with E-state index < -0.39 is 91.5 Å². The quantitative estimate of drug-likeness (QED) is 0.0146. The van der Waals surface area contributed by atoms with Crippen LogP contribution in [0.1, 0.15) is 329 Å². The second-order valence-electron chi connectivity index (χ2n) is 28.2. The molecule has 5 unspecified atom stereocenters. The molecule has 0 aliphatic heterocycles. The van der Waals surface area contributed by atoms with Gasteiger partial charge in [0.2, 0.25) is 0 Å². The minimum atomic E-state index is -4.96. The highest BCUT2D eigenvalue weighted by Gasteiger charge is 2.29. The first kappa shape index (κ1) is 106. The number of hydrogen-bond donors (Lipinski definition) is 4. The van der Waals surface area contributed by atoms with Gasteiger partial charge in [-0.25, -0.2) is 9.13 Å². The van der Waals surface area contributed by atoms with E-state index in [9.17, 15) is 43.5 Å². The highest BCUT2D eigenvalue weighted by molar-refractivity contribution is 7.47. The molecule has 0 saturated heterocycles. The van der Waals surface area contributed by atoms with Gasteiger partial charge in [-0.05, 0) is 148 Å². The Morgan fingerprint density at radius 2 is 0.459 bits per heavy atom. The van der Waals surface area contributed by atoms with Crippen LogP contribution in [0.25, 0.3) is 0 Å². The number of aliphatic hydroxyl groups is 2. The van der Waals surface area contributed by atoms with Gasteiger partial charge in [-0.15, -0.1) is 0 Å². The topological polar surface area (TPSA) is 231 Å². The molecule has 0 spiro atoms. The van der Waals surface area contributed by atoms with Gasteiger partial charge in [0.25, 0.3) is 0 Å². The number of ether oxygens (including phenoxy) is 3. The maximum Gasteiger partial charge on any atom is 0.472 e. The number of esters is 3. The molecule has 0 aromatic heterocycles. The summed E-state index contributed by atoms with van der Waals surface area (Å²) in [6.45, 7) is 2.28. The van der Waals surface area contributed by atoms with Crippen molar-refractivity contribution < 1.29 is 75.8 Å². The number of phosphoric acid groups is 2. The van der Waals surface area contributed by atoms with Crippen molar-refractivity contribution in [1.82, 2.24) is 0 Å². The molecule has 0 aromatic carbocycles. The Morgan fingerprint density at radius 1 is 0.252 bits per heavy atom. The van der Waals surface area contributed by atoms with Crippen LogP contribution in [0.2, 0.25) is 0 Å². The van der Waals surface area contributed by atoms with Crippen LogP contribution in [0.4, 0.5) is 0 Å². The monoisotopic (exact) mass is 1590 g/mol. The number of unbranched alkanes of at least 4 members (excludes halogenated alkanes) is 27. The van der Waals surface area contributed by atoms with Crippen molar-refractivity contribution in [2.45, 2.75) is 347 Å². The first-order chi connectivity index (χ1) is 54.2. The molecule has 5 atom stereocenters. The highest BCUT2D eigenvalue weighted by atomic mass is 31.2. The van der Waals surface area contributed by atoms with Crippen molar-refractivity contribution in [2.75, 3.05) is 39.6 Å². The number of aliphatic hydroxyl groups excluding tert-OH is 2. The van der Waals surface area contributed by atoms with Crippen LogP contribution < -0.4 is 0 Å². The first-order valence-corrected chi connectivity index (χ1v) is 46.1. The minimum absolute atomic E-state index is 0.0204. The molecule has 111 heavy (non-hydrogen) atoms. The lowest BCUT2D eigenvalue weighted by atomic mass is 10.0. The molecule has 0 radical (unpaired) electrons. The van der Waals surface area contributed by atoms with Crippen LogP contribution in [0.5, 0.6) is 0 Å². The predicted octanol–water partition coefficient (Wildman–Crippen LogP) is 26.1. The number of rotatable bonds is 80. The molecule has 0 aliphatic carbocycles. The molecular weight excluding hydrogens is 1430 g/mol. The lowest BCUT2D eigenvalue weighted by Crippen LogP contribution is -2.30. The van der Waals surface area contributed by atoms with Crippen molar-refractivity contribution in [3.05, 3.63) is 182 Å². The van der Waals surface area contributed by atoms with Gasteiger partial charge in [0.05, 0.1) is 26.4 Å². The minimum Gasteiger partial charge on any atom is -0.463 e. The zero-order chi connectivity index (χ0) is 80.8. The molecule has 4 N–H and O–H groups in total. The molecule has 632 valence electrons. The lowest BCUT2D eigenvalue weighted by Gasteiger charge is -2.21. The average Bonchev–Trinajstić information content (AvgIpc) is 0.900. The SMILES string of the molecule is CC/C=C\C/C=C\C/C=C\C/C=C\C/C=C\CCCCCCCCCCCCCCCCCC(=O)OCC(O)COP(=O)(O)OCC(O)COP(=O)(O)OCC(COC(=O)CCCCCCCCCCCCC/C=C\C/C=C\C/C=C\C/C=C\C/C=C\CC)OC(=O)CCC/C=C\C/C=C\C/C=C\C/C=C\C/C=C\CC. The smallest absolute Gasteiger partial charge is 0.463 e. The molecule has 16 nitrogen and oxygen atoms in total. The fourth-order valence-corrected chi connectivity index (χ4v) is 12.8. The highest BCUT2D eigenvalue weighted by Crippen LogP contribution is 2.45. The van der Waals surface area contributed by atoms with E-state index in [4.69, 9.17) is 32.3 Å². The predicted molar refractivity (Wildman–Crippen MR) is 463 cm³/mol. The molecular formula is C93H154O16P2. The van der Waals surface area contributed by atoms with Crippen LogP contribution in [-0.2, 0) is 55.8 Å². The second-order valence-corrected chi connectivity index (χ2v) is 31.1. The van der Waals surface area contributed by atoms with Crippen molar-refractivity contribution in [3.8, 4) is 0 Å². The van der Waals surface area contributed by atoms with Gasteiger partial charge in [0, 0.05) is 19.3 Å². The first-order valence-electron chi connectivity index (χ1n) is 43.1. The molecule has 0 amide bonds. The molecule has 0 aliphatic rings. The number of carbonyl (C=O) groups excluding carboxylic acids is 3. The van der Waals surface area contributed by atoms with Crippen LogP contribution in [0.3, 0.4) is 0 Å². The van der Waals surface area contributed by atoms with Gasteiger partial charge in [-0.2, -0.15) is 0 Å². The van der Waals surface area contributed by atoms with Crippen molar-refractivity contribution in [1.29, 1.82) is 0 Å². The van der Waals surface area contributed by atoms with Gasteiger partial charge in [0.15, 0.2) is 6.10 Å². The Morgan fingerprint density at radius 3 is 0.739 bits per heavy atom. The maximum absolute atomic E-state index is 13.0. The summed E-state index contributed by atoms with van der Waals surface area (Å²) >= 11 is 0. The third-order valence-corrected chi connectivity index (χ3v) is 19.5. The molecule has 0 aromatic rings. The Balaban J connectivity index is 4.57. The Kier molecular flexibility index (Phi) is 80.0.